The van der Waals surface area contributed by atoms with Crippen LogP contribution >= 0.6 is 20.5 Å². The molecule has 0 rings (SSSR count). The first-order valence-corrected chi connectivity index (χ1v) is 4.21. The molecule has 1 atom stereocenters. The second-order valence-corrected chi connectivity index (χ2v) is 2.94. The Morgan fingerprint density at radius 2 is 2.30 bits per heavy atom. The van der Waals surface area contributed by atoms with Gasteiger partial charge in [0.25, 0.3) is 0 Å². The van der Waals surface area contributed by atoms with Crippen LogP contribution in [0.2, 0.25) is 0 Å². The zero-order chi connectivity index (χ0) is 8.15. The van der Waals surface area contributed by atoms with Crippen molar-refractivity contribution in [3.63, 3.8) is 0 Å². The van der Waals surface area contributed by atoms with E-state index in [1.165, 1.54) is 0 Å². The first-order valence-electron chi connectivity index (χ1n) is 2.67. The first kappa shape index (κ1) is 9.75. The predicted molar refractivity (Wildman–Crippen MR) is 41.8 cm³/mol. The zero-order valence-electron chi connectivity index (χ0n) is 5.70. The highest BCUT2D eigenvalue weighted by Crippen LogP contribution is 2.14. The molecule has 0 radical (unpaired) electrons. The molecule has 0 aliphatic rings. The zero-order valence-corrected chi connectivity index (χ0v) is 7.41. The molecule has 0 aromatic heterocycles. The van der Waals surface area contributed by atoms with Crippen molar-refractivity contribution >= 4 is 25.6 Å². The van der Waals surface area contributed by atoms with Crippen molar-refractivity contribution in [1.29, 1.82) is 0 Å². The third-order valence-corrected chi connectivity index (χ3v) is 1.23. The molecule has 10 heavy (non-hydrogen) atoms. The monoisotopic (exact) mass is 182 g/mol. The summed E-state index contributed by atoms with van der Waals surface area (Å²) >= 11 is 4.53. The molecule has 0 aromatic rings. The Balaban J connectivity index is 3.54. The minimum absolute atomic E-state index is 0.0430. The lowest BCUT2D eigenvalue weighted by atomic mass is 10.4. The largest absolute Gasteiger partial charge is 0.749 e. The second kappa shape index (κ2) is 4.55. The van der Waals surface area contributed by atoms with Crippen molar-refractivity contribution in [3.05, 3.63) is 0 Å². The smallest absolute Gasteiger partial charge is 0.340 e. The van der Waals surface area contributed by atoms with Gasteiger partial charge in [0.1, 0.15) is 0 Å². The maximum atomic E-state index is 9.99. The van der Waals surface area contributed by atoms with Gasteiger partial charge < -0.3 is 5.32 Å². The summed E-state index contributed by atoms with van der Waals surface area (Å²) in [7, 11) is -2.62. The van der Waals surface area contributed by atoms with Gasteiger partial charge in [-0.2, -0.15) is 4.52 Å². The van der Waals surface area contributed by atoms with Crippen LogP contribution in [-0.4, -0.2) is 16.1 Å². The molecule has 0 amide bonds. The van der Waals surface area contributed by atoms with Crippen molar-refractivity contribution in [1.82, 2.24) is 5.32 Å². The summed E-state index contributed by atoms with van der Waals surface area (Å²) in [4.78, 5) is 8.20. The van der Waals surface area contributed by atoms with E-state index in [0.717, 1.165) is 0 Å². The van der Waals surface area contributed by atoms with Crippen molar-refractivity contribution in [3.8, 4) is 0 Å². The van der Waals surface area contributed by atoms with Gasteiger partial charge in [-0.3, -0.25) is 0 Å². The van der Waals surface area contributed by atoms with Crippen LogP contribution in [0.3, 0.4) is 0 Å². The van der Waals surface area contributed by atoms with E-state index >= 15 is 0 Å². The molecule has 0 aliphatic carbocycles. The molecule has 2 N–H and O–H groups in total. The highest BCUT2D eigenvalue weighted by Gasteiger charge is 2.16. The quantitative estimate of drug-likeness (QED) is 0.491. The van der Waals surface area contributed by atoms with E-state index in [2.05, 4.69) is 22.1 Å². The van der Waals surface area contributed by atoms with Crippen molar-refractivity contribution in [2.24, 2.45) is 0 Å². The number of hydrogen-bond donors (Lipinski definition) is 2. The van der Waals surface area contributed by atoms with Gasteiger partial charge in [0, 0.05) is 10.6 Å². The van der Waals surface area contributed by atoms with E-state index in [0.29, 0.717) is 0 Å². The van der Waals surface area contributed by atoms with Gasteiger partial charge in [0.05, 0.1) is 0 Å². The van der Waals surface area contributed by atoms with Crippen molar-refractivity contribution in [2.45, 2.75) is 19.9 Å². The number of thiocarbonyl (C=S) groups is 1. The van der Waals surface area contributed by atoms with E-state index < -0.39 is 8.25 Å². The Hall–Kier alpha value is -0.250. The molecule has 0 saturated heterocycles. The summed E-state index contributed by atoms with van der Waals surface area (Å²) in [5.74, 6) is 0. The van der Waals surface area contributed by atoms with Crippen LogP contribution in [-0.2, 0) is 9.09 Å². The average Bonchev–Trinajstić information content (AvgIpc) is 1.58. The molecule has 0 spiro atoms. The molecule has 6 heteroatoms. The molecule has 1 unspecified atom stereocenters. The molecular weight excluding hydrogens is 173 g/mol. The fourth-order valence-electron chi connectivity index (χ4n) is 0.333. The number of nitrogens with one attached hydrogen (secondary N) is 1. The van der Waals surface area contributed by atoms with Gasteiger partial charge in [0.15, 0.2) is 0 Å². The Bertz CT molecular complexity index is 149. The normalized spacial score (nSPS) is 11.0. The van der Waals surface area contributed by atoms with Crippen LogP contribution in [0.25, 0.3) is 0 Å². The molecule has 58 valence electrons. The lowest BCUT2D eigenvalue weighted by Gasteiger charge is -2.03. The molecule has 0 aromatic carbocycles. The Labute approximate surface area is 65.5 Å². The first-order chi connectivity index (χ1) is 4.52. The van der Waals surface area contributed by atoms with Crippen molar-refractivity contribution < 1.29 is 14.0 Å². The lowest BCUT2D eigenvalue weighted by Crippen LogP contribution is -2.28. The van der Waals surface area contributed by atoms with E-state index in [4.69, 9.17) is 4.89 Å². The van der Waals surface area contributed by atoms with E-state index in [1.54, 1.807) is 0 Å². The Morgan fingerprint density at radius 3 is 2.60 bits per heavy atom. The summed E-state index contributed by atoms with van der Waals surface area (Å²) in [6, 6.07) is 0.113. The number of hydrogen-bond acceptors (Lipinski definition) is 3. The summed E-state index contributed by atoms with van der Waals surface area (Å²) in [5, 5.41) is 2.60. The minimum atomic E-state index is -2.62. The fourth-order valence-corrected chi connectivity index (χ4v) is 0.955. The number of rotatable bonds is 2. The van der Waals surface area contributed by atoms with Crippen molar-refractivity contribution in [2.75, 3.05) is 0 Å². The molecule has 0 aliphatic heterocycles. The van der Waals surface area contributed by atoms with Gasteiger partial charge >= 0.3 is 13.4 Å². The van der Waals surface area contributed by atoms with Gasteiger partial charge in [-0.1, -0.05) is 0 Å². The van der Waals surface area contributed by atoms with Crippen LogP contribution in [0.4, 0.5) is 0 Å². The standard InChI is InChI=1S/C4H8NO3PS/c1-3(2)5-4(10)8-9(6)7/h3H,1-2H3,(H-,5,6,7,10)/p+1. The van der Waals surface area contributed by atoms with Gasteiger partial charge in [0.2, 0.25) is 0 Å². The maximum Gasteiger partial charge on any atom is 0.749 e. The summed E-state index contributed by atoms with van der Waals surface area (Å²) < 4.78 is 14.2. The SMILES string of the molecule is CC(C)NC(=S)O[P+](=O)O. The molecule has 0 saturated carbocycles. The third-order valence-electron chi connectivity index (χ3n) is 0.568. The van der Waals surface area contributed by atoms with Gasteiger partial charge in [-0.15, -0.1) is 4.89 Å². The average molecular weight is 182 g/mol. The van der Waals surface area contributed by atoms with Crippen LogP contribution < -0.4 is 5.32 Å². The molecule has 4 nitrogen and oxygen atoms in total. The highest BCUT2D eigenvalue weighted by molar-refractivity contribution is 7.80. The fraction of sp³-hybridized carbons (Fsp3) is 0.750. The summed E-state index contributed by atoms with van der Waals surface area (Å²) in [6.07, 6.45) is 0. The van der Waals surface area contributed by atoms with Crippen LogP contribution in [0.15, 0.2) is 0 Å². The molecular formula is C4H9NO3PS+. The second-order valence-electron chi connectivity index (χ2n) is 1.92. The van der Waals surface area contributed by atoms with Crippen LogP contribution in [0.5, 0.6) is 0 Å². The van der Waals surface area contributed by atoms with E-state index in [9.17, 15) is 4.57 Å². The molecule has 0 heterocycles. The van der Waals surface area contributed by atoms with Crippen LogP contribution in [0, 0.1) is 0 Å². The van der Waals surface area contributed by atoms with Gasteiger partial charge in [-0.25, -0.2) is 0 Å². The molecule has 0 fully saturated rings. The molecule has 0 bridgehead atoms. The predicted octanol–water partition coefficient (Wildman–Crippen LogP) is 0.936. The van der Waals surface area contributed by atoms with Gasteiger partial charge in [-0.05, 0) is 26.1 Å². The van der Waals surface area contributed by atoms with Crippen LogP contribution in [0.1, 0.15) is 13.8 Å². The summed E-state index contributed by atoms with van der Waals surface area (Å²) in [6.45, 7) is 3.69. The van der Waals surface area contributed by atoms with E-state index in [1.807, 2.05) is 13.8 Å². The Morgan fingerprint density at radius 1 is 1.80 bits per heavy atom. The summed E-state index contributed by atoms with van der Waals surface area (Å²) in [5.41, 5.74) is 0. The topological polar surface area (TPSA) is 58.6 Å². The third kappa shape index (κ3) is 5.88. The van der Waals surface area contributed by atoms with E-state index in [-0.39, 0.29) is 11.2 Å². The maximum absolute atomic E-state index is 9.99. The Kier molecular flexibility index (Phi) is 4.43. The lowest BCUT2D eigenvalue weighted by molar-refractivity contribution is 0.400. The minimum Gasteiger partial charge on any atom is -0.340 e. The highest BCUT2D eigenvalue weighted by atomic mass is 32.1.